The second-order valence-electron chi connectivity index (χ2n) is 11.0. The Kier molecular flexibility index (Phi) is 17.3. The molecule has 6 nitrogen and oxygen atoms in total. The summed E-state index contributed by atoms with van der Waals surface area (Å²) in [6.45, 7) is 17.4. The summed E-state index contributed by atoms with van der Waals surface area (Å²) in [6.07, 6.45) is 7.94. The van der Waals surface area contributed by atoms with Crippen LogP contribution in [0.5, 0.6) is 0 Å². The first-order valence-electron chi connectivity index (χ1n) is 12.9. The summed E-state index contributed by atoms with van der Waals surface area (Å²) in [5.41, 5.74) is 10.2. The number of methoxy groups -OCH3 is 1. The molecule has 220 valence electrons. The third-order valence-electron chi connectivity index (χ3n) is 8.07. The van der Waals surface area contributed by atoms with Gasteiger partial charge in [0.1, 0.15) is 12.5 Å². The van der Waals surface area contributed by atoms with Crippen LogP contribution in [-0.4, -0.2) is 38.5 Å². The van der Waals surface area contributed by atoms with Crippen LogP contribution in [-0.2, 0) is 24.0 Å². The average Bonchev–Trinajstić information content (AvgIpc) is 2.85. The molecule has 2 aliphatic carbocycles. The normalized spacial score (nSPS) is 22.0. The Labute approximate surface area is 233 Å². The molecule has 6 heteroatoms. The molecule has 2 saturated carbocycles. The van der Waals surface area contributed by atoms with Gasteiger partial charge >= 0.3 is 5.97 Å². The van der Waals surface area contributed by atoms with Gasteiger partial charge in [-0.15, -0.1) is 5.73 Å². The van der Waals surface area contributed by atoms with Gasteiger partial charge in [0.25, 0.3) is 0 Å². The van der Waals surface area contributed by atoms with E-state index >= 15 is 0 Å². The van der Waals surface area contributed by atoms with Crippen LogP contribution >= 0.6 is 0 Å². The number of ether oxygens (including phenoxy) is 2. The molecule has 2 fully saturated rings. The smallest absolute Gasteiger partial charge is 0.308 e. The summed E-state index contributed by atoms with van der Waals surface area (Å²) in [6, 6.07) is 0. The molecule has 0 heterocycles. The Bertz CT molecular complexity index is 882. The minimum atomic E-state index is -0.0891. The standard InChI is InChI=1S/C20H32O4.C10H16O2.2CH4/c1-8-14(2)19(21)23-13-18-11-17(20(18,5)6)10-9-15(3)16(4)12-24-22-7;1-10(2)8(4-5-12-3)6-9(10)7-11;;/h9,12,14-15,18H,8,11,13H2,1-7H3;5,9,11H,6-7H2,1-3H3;2*1H4/b16-12+;;;. The van der Waals surface area contributed by atoms with E-state index in [1.54, 1.807) is 19.6 Å². The maximum atomic E-state index is 11.8. The molecule has 0 aliphatic heterocycles. The molecule has 0 radical (unpaired) electrons. The van der Waals surface area contributed by atoms with E-state index in [1.807, 2.05) is 20.8 Å². The van der Waals surface area contributed by atoms with Crippen molar-refractivity contribution in [1.82, 2.24) is 0 Å². The minimum absolute atomic E-state index is 0. The third kappa shape index (κ3) is 10.2. The quantitative estimate of drug-likeness (QED) is 0.101. The molecule has 0 aromatic carbocycles. The van der Waals surface area contributed by atoms with Crippen LogP contribution in [0.15, 0.2) is 46.8 Å². The SMILES string of the molecule is C.C.CCC(C)C(=O)OCC1CC(=C=CC(C)/C(C)=C/OOC)C1(C)C.COC=C=C1CC(CO)C1(C)C. The van der Waals surface area contributed by atoms with Gasteiger partial charge < -0.3 is 19.5 Å². The summed E-state index contributed by atoms with van der Waals surface area (Å²) in [4.78, 5) is 21.2. The molecule has 4 atom stereocenters. The van der Waals surface area contributed by atoms with Crippen LogP contribution in [0, 0.1) is 34.5 Å². The molecule has 0 aromatic heterocycles. The number of hydrogen-bond acceptors (Lipinski definition) is 6. The largest absolute Gasteiger partial charge is 0.496 e. The van der Waals surface area contributed by atoms with Gasteiger partial charge in [-0.1, -0.05) is 69.1 Å². The summed E-state index contributed by atoms with van der Waals surface area (Å²) in [5, 5.41) is 8.98. The summed E-state index contributed by atoms with van der Waals surface area (Å²) in [7, 11) is 3.10. The summed E-state index contributed by atoms with van der Waals surface area (Å²) < 4.78 is 10.3. The van der Waals surface area contributed by atoms with E-state index in [4.69, 9.17) is 19.5 Å². The first-order valence-corrected chi connectivity index (χ1v) is 12.9. The summed E-state index contributed by atoms with van der Waals surface area (Å²) >= 11 is 0. The molecule has 0 saturated heterocycles. The van der Waals surface area contributed by atoms with E-state index in [2.05, 4.69) is 57.0 Å². The van der Waals surface area contributed by atoms with Gasteiger partial charge in [0, 0.05) is 18.4 Å². The highest BCUT2D eigenvalue weighted by atomic mass is 17.2. The topological polar surface area (TPSA) is 74.2 Å². The highest BCUT2D eigenvalue weighted by Crippen LogP contribution is 2.51. The number of carbonyl (C=O) groups excluding carboxylic acids is 1. The lowest BCUT2D eigenvalue weighted by atomic mass is 9.59. The van der Waals surface area contributed by atoms with Gasteiger partial charge in [0.05, 0.1) is 26.7 Å². The van der Waals surface area contributed by atoms with Crippen molar-refractivity contribution in [3.63, 3.8) is 0 Å². The van der Waals surface area contributed by atoms with Gasteiger partial charge in [0.2, 0.25) is 0 Å². The summed E-state index contributed by atoms with van der Waals surface area (Å²) in [5.74, 6) is 0.878. The van der Waals surface area contributed by atoms with Crippen LogP contribution in [0.3, 0.4) is 0 Å². The van der Waals surface area contributed by atoms with Crippen LogP contribution in [0.4, 0.5) is 0 Å². The molecule has 2 aliphatic rings. The van der Waals surface area contributed by atoms with Gasteiger partial charge in [0.15, 0.2) is 0 Å². The predicted octanol–water partition coefficient (Wildman–Crippen LogP) is 7.80. The maximum Gasteiger partial charge on any atom is 0.308 e. The van der Waals surface area contributed by atoms with Crippen LogP contribution in [0.1, 0.15) is 89.5 Å². The monoisotopic (exact) mass is 536 g/mol. The van der Waals surface area contributed by atoms with Crippen molar-refractivity contribution in [3.8, 4) is 0 Å². The first kappa shape index (κ1) is 37.9. The van der Waals surface area contributed by atoms with E-state index in [9.17, 15) is 4.79 Å². The Hall–Kier alpha value is -2.23. The number of hydrogen-bond donors (Lipinski definition) is 1. The molecule has 0 amide bonds. The van der Waals surface area contributed by atoms with Crippen molar-refractivity contribution in [1.29, 1.82) is 0 Å². The zero-order chi connectivity index (χ0) is 27.5. The van der Waals surface area contributed by atoms with Crippen molar-refractivity contribution in [2.45, 2.75) is 89.5 Å². The van der Waals surface area contributed by atoms with Gasteiger partial charge in [-0.05, 0) is 65.7 Å². The van der Waals surface area contributed by atoms with Crippen LogP contribution < -0.4 is 0 Å². The Morgan fingerprint density at radius 1 is 1.05 bits per heavy atom. The van der Waals surface area contributed by atoms with Crippen molar-refractivity contribution in [3.05, 3.63) is 46.8 Å². The number of carbonyl (C=O) groups is 1. The molecular formula is C32H56O6. The third-order valence-corrected chi connectivity index (χ3v) is 8.07. The van der Waals surface area contributed by atoms with E-state index in [0.29, 0.717) is 18.4 Å². The van der Waals surface area contributed by atoms with E-state index < -0.39 is 0 Å². The molecule has 4 unspecified atom stereocenters. The lowest BCUT2D eigenvalue weighted by molar-refractivity contribution is -0.223. The average molecular weight is 537 g/mol. The van der Waals surface area contributed by atoms with Gasteiger partial charge in [-0.25, -0.2) is 0 Å². The van der Waals surface area contributed by atoms with Crippen molar-refractivity contribution >= 4 is 5.97 Å². The molecule has 38 heavy (non-hydrogen) atoms. The highest BCUT2D eigenvalue weighted by molar-refractivity contribution is 5.71. The fraction of sp³-hybridized carbons (Fsp3) is 0.719. The number of rotatable bonds is 10. The Morgan fingerprint density at radius 3 is 2.08 bits per heavy atom. The molecule has 0 bridgehead atoms. The number of esters is 1. The second-order valence-corrected chi connectivity index (χ2v) is 11.0. The minimum Gasteiger partial charge on any atom is -0.496 e. The van der Waals surface area contributed by atoms with E-state index in [1.165, 1.54) is 18.3 Å². The van der Waals surface area contributed by atoms with Crippen molar-refractivity contribution in [2.24, 2.45) is 34.5 Å². The fourth-order valence-electron chi connectivity index (χ4n) is 4.02. The molecule has 2 rings (SSSR count). The molecule has 0 aromatic rings. The number of aliphatic hydroxyl groups is 1. The van der Waals surface area contributed by atoms with Crippen LogP contribution in [0.2, 0.25) is 0 Å². The number of allylic oxidation sites excluding steroid dienone is 3. The molecular weight excluding hydrogens is 480 g/mol. The van der Waals surface area contributed by atoms with Crippen molar-refractivity contribution < 1.29 is 29.1 Å². The zero-order valence-corrected chi connectivity index (χ0v) is 24.1. The fourth-order valence-corrected chi connectivity index (χ4v) is 4.02. The van der Waals surface area contributed by atoms with Crippen molar-refractivity contribution in [2.75, 3.05) is 27.4 Å². The predicted molar refractivity (Wildman–Crippen MR) is 156 cm³/mol. The number of aliphatic hydroxyl groups excluding tert-OH is 1. The first-order chi connectivity index (χ1) is 16.9. The van der Waals surface area contributed by atoms with Gasteiger partial charge in [-0.2, -0.15) is 4.89 Å². The maximum absolute atomic E-state index is 11.8. The second kappa shape index (κ2) is 17.4. The Morgan fingerprint density at radius 2 is 1.61 bits per heavy atom. The van der Waals surface area contributed by atoms with E-state index in [-0.39, 0.29) is 50.1 Å². The highest BCUT2D eigenvalue weighted by Gasteiger charge is 2.44. The van der Waals surface area contributed by atoms with E-state index in [0.717, 1.165) is 24.8 Å². The molecule has 0 spiro atoms. The molecule has 1 N–H and O–H groups in total. The van der Waals surface area contributed by atoms with Gasteiger partial charge in [-0.3, -0.25) is 4.79 Å². The zero-order valence-electron chi connectivity index (χ0n) is 24.1. The lowest BCUT2D eigenvalue weighted by Gasteiger charge is -2.46. The lowest BCUT2D eigenvalue weighted by Crippen LogP contribution is -2.41. The van der Waals surface area contributed by atoms with Crippen LogP contribution in [0.25, 0.3) is 0 Å². The Balaban J connectivity index is 0.